The van der Waals surface area contributed by atoms with Gasteiger partial charge in [-0.1, -0.05) is 54.1 Å². The molecule has 0 aromatic heterocycles. The van der Waals surface area contributed by atoms with E-state index in [1.54, 1.807) is 0 Å². The SMILES string of the molecule is Clc1ccc(C2(c3ccccc3)CCCO2)cc1. The molecule has 0 spiro atoms. The average Bonchev–Trinajstić information content (AvgIpc) is 2.91. The molecule has 1 saturated heterocycles. The first-order valence-electron chi connectivity index (χ1n) is 6.27. The fourth-order valence-electron chi connectivity index (χ4n) is 2.69. The molecule has 1 atom stereocenters. The predicted molar refractivity (Wildman–Crippen MR) is 73.9 cm³/mol. The van der Waals surface area contributed by atoms with Gasteiger partial charge in [-0.25, -0.2) is 0 Å². The molecular formula is C16H15ClO. The van der Waals surface area contributed by atoms with Crippen LogP contribution in [0.15, 0.2) is 54.6 Å². The van der Waals surface area contributed by atoms with E-state index in [0.29, 0.717) is 0 Å². The van der Waals surface area contributed by atoms with Crippen molar-refractivity contribution in [3.05, 3.63) is 70.7 Å². The molecular weight excluding hydrogens is 244 g/mol. The normalized spacial score (nSPS) is 23.2. The molecule has 92 valence electrons. The molecule has 2 heteroatoms. The standard InChI is InChI=1S/C16H15ClO/c17-15-9-7-14(8-10-15)16(11-4-12-18-16)13-5-2-1-3-6-13/h1-3,5-10H,4,11-12H2. The van der Waals surface area contributed by atoms with E-state index >= 15 is 0 Å². The van der Waals surface area contributed by atoms with Gasteiger partial charge in [0.05, 0.1) is 0 Å². The van der Waals surface area contributed by atoms with Crippen molar-refractivity contribution in [1.82, 2.24) is 0 Å². The summed E-state index contributed by atoms with van der Waals surface area (Å²) in [5.41, 5.74) is 2.13. The first kappa shape index (κ1) is 11.8. The third-order valence-electron chi connectivity index (χ3n) is 3.57. The second-order valence-corrected chi connectivity index (χ2v) is 5.09. The molecule has 1 aliphatic heterocycles. The number of hydrogen-bond acceptors (Lipinski definition) is 1. The van der Waals surface area contributed by atoms with Crippen LogP contribution in [-0.2, 0) is 10.3 Å². The fourth-order valence-corrected chi connectivity index (χ4v) is 2.81. The van der Waals surface area contributed by atoms with Crippen LogP contribution in [0.2, 0.25) is 5.02 Å². The molecule has 0 amide bonds. The van der Waals surface area contributed by atoms with Crippen molar-refractivity contribution in [2.24, 2.45) is 0 Å². The van der Waals surface area contributed by atoms with Crippen molar-refractivity contribution in [3.8, 4) is 0 Å². The summed E-state index contributed by atoms with van der Waals surface area (Å²) < 4.78 is 6.11. The number of hydrogen-bond donors (Lipinski definition) is 0. The lowest BCUT2D eigenvalue weighted by atomic mass is 9.84. The van der Waals surface area contributed by atoms with E-state index in [1.807, 2.05) is 18.2 Å². The monoisotopic (exact) mass is 258 g/mol. The van der Waals surface area contributed by atoms with E-state index in [0.717, 1.165) is 24.5 Å². The van der Waals surface area contributed by atoms with Gasteiger partial charge < -0.3 is 4.74 Å². The Morgan fingerprint density at radius 1 is 0.889 bits per heavy atom. The fraction of sp³-hybridized carbons (Fsp3) is 0.250. The van der Waals surface area contributed by atoms with Crippen LogP contribution < -0.4 is 0 Å². The van der Waals surface area contributed by atoms with Gasteiger partial charge in [0.15, 0.2) is 0 Å². The number of benzene rings is 2. The lowest BCUT2D eigenvalue weighted by Gasteiger charge is -2.29. The molecule has 3 rings (SSSR count). The summed E-state index contributed by atoms with van der Waals surface area (Å²) in [7, 11) is 0. The molecule has 2 aromatic rings. The van der Waals surface area contributed by atoms with E-state index in [2.05, 4.69) is 36.4 Å². The summed E-state index contributed by atoms with van der Waals surface area (Å²) in [4.78, 5) is 0. The van der Waals surface area contributed by atoms with Crippen molar-refractivity contribution in [3.63, 3.8) is 0 Å². The maximum atomic E-state index is 6.11. The second-order valence-electron chi connectivity index (χ2n) is 4.65. The van der Waals surface area contributed by atoms with Crippen LogP contribution in [0.1, 0.15) is 24.0 Å². The Hall–Kier alpha value is -1.31. The summed E-state index contributed by atoms with van der Waals surface area (Å²) in [6, 6.07) is 18.4. The second kappa shape index (κ2) is 4.75. The van der Waals surface area contributed by atoms with Gasteiger partial charge in [0.1, 0.15) is 5.60 Å². The lowest BCUT2D eigenvalue weighted by molar-refractivity contribution is 0.0360. The minimum atomic E-state index is -0.286. The molecule has 18 heavy (non-hydrogen) atoms. The van der Waals surface area contributed by atoms with Crippen LogP contribution in [0.5, 0.6) is 0 Å². The van der Waals surface area contributed by atoms with Crippen LogP contribution in [0.4, 0.5) is 0 Å². The molecule has 0 radical (unpaired) electrons. The maximum Gasteiger partial charge on any atom is 0.118 e. The third-order valence-corrected chi connectivity index (χ3v) is 3.82. The van der Waals surface area contributed by atoms with Gasteiger partial charge in [0.25, 0.3) is 0 Å². The Morgan fingerprint density at radius 2 is 1.56 bits per heavy atom. The van der Waals surface area contributed by atoms with Gasteiger partial charge in [-0.05, 0) is 36.1 Å². The Kier molecular flexibility index (Phi) is 3.11. The van der Waals surface area contributed by atoms with Crippen molar-refractivity contribution < 1.29 is 4.74 Å². The Bertz CT molecular complexity index is 513. The molecule has 1 unspecified atom stereocenters. The molecule has 0 bridgehead atoms. The van der Waals surface area contributed by atoms with Gasteiger partial charge in [-0.3, -0.25) is 0 Å². The van der Waals surface area contributed by atoms with E-state index in [-0.39, 0.29) is 5.60 Å². The van der Waals surface area contributed by atoms with E-state index in [9.17, 15) is 0 Å². The highest BCUT2D eigenvalue weighted by atomic mass is 35.5. The molecule has 1 fully saturated rings. The maximum absolute atomic E-state index is 6.11. The molecule has 1 heterocycles. The highest BCUT2D eigenvalue weighted by Gasteiger charge is 2.38. The van der Waals surface area contributed by atoms with E-state index < -0.39 is 0 Å². The van der Waals surface area contributed by atoms with Crippen molar-refractivity contribution in [2.45, 2.75) is 18.4 Å². The predicted octanol–water partition coefficient (Wildman–Crippen LogP) is 4.39. The zero-order chi connectivity index (χ0) is 12.4. The molecule has 1 aliphatic rings. The van der Waals surface area contributed by atoms with Crippen LogP contribution in [0, 0.1) is 0 Å². The molecule has 2 aromatic carbocycles. The van der Waals surface area contributed by atoms with Crippen LogP contribution in [-0.4, -0.2) is 6.61 Å². The van der Waals surface area contributed by atoms with Crippen LogP contribution >= 0.6 is 11.6 Å². The summed E-state index contributed by atoms with van der Waals surface area (Å²) in [5, 5.41) is 0.764. The van der Waals surface area contributed by atoms with Crippen molar-refractivity contribution in [1.29, 1.82) is 0 Å². The van der Waals surface area contributed by atoms with Crippen molar-refractivity contribution in [2.75, 3.05) is 6.61 Å². The Morgan fingerprint density at radius 3 is 2.17 bits per heavy atom. The highest BCUT2D eigenvalue weighted by molar-refractivity contribution is 6.30. The average molecular weight is 259 g/mol. The molecule has 1 nitrogen and oxygen atoms in total. The molecule has 0 aliphatic carbocycles. The zero-order valence-corrected chi connectivity index (χ0v) is 10.9. The van der Waals surface area contributed by atoms with Crippen LogP contribution in [0.3, 0.4) is 0 Å². The first-order chi connectivity index (χ1) is 8.81. The lowest BCUT2D eigenvalue weighted by Crippen LogP contribution is -2.26. The van der Waals surface area contributed by atoms with E-state index in [1.165, 1.54) is 11.1 Å². The highest BCUT2D eigenvalue weighted by Crippen LogP contribution is 2.42. The van der Waals surface area contributed by atoms with Gasteiger partial charge in [0.2, 0.25) is 0 Å². The van der Waals surface area contributed by atoms with Crippen LogP contribution in [0.25, 0.3) is 0 Å². The topological polar surface area (TPSA) is 9.23 Å². The Balaban J connectivity index is 2.10. The zero-order valence-electron chi connectivity index (χ0n) is 10.1. The Labute approximate surface area is 112 Å². The third kappa shape index (κ3) is 1.94. The molecule has 0 saturated carbocycles. The summed E-state index contributed by atoms with van der Waals surface area (Å²) >= 11 is 5.97. The summed E-state index contributed by atoms with van der Waals surface area (Å²) in [6.07, 6.45) is 2.12. The van der Waals surface area contributed by atoms with Gasteiger partial charge in [-0.15, -0.1) is 0 Å². The number of ether oxygens (including phenoxy) is 1. The van der Waals surface area contributed by atoms with E-state index in [4.69, 9.17) is 16.3 Å². The summed E-state index contributed by atoms with van der Waals surface area (Å²) in [6.45, 7) is 0.817. The van der Waals surface area contributed by atoms with Crippen molar-refractivity contribution >= 4 is 11.6 Å². The largest absolute Gasteiger partial charge is 0.366 e. The first-order valence-corrected chi connectivity index (χ1v) is 6.65. The smallest absolute Gasteiger partial charge is 0.118 e. The van der Waals surface area contributed by atoms with Gasteiger partial charge >= 0.3 is 0 Å². The van der Waals surface area contributed by atoms with Gasteiger partial charge in [-0.2, -0.15) is 0 Å². The number of rotatable bonds is 2. The van der Waals surface area contributed by atoms with Gasteiger partial charge in [0, 0.05) is 11.6 Å². The quantitative estimate of drug-likeness (QED) is 0.776. The number of halogens is 1. The molecule has 0 N–H and O–H groups in total. The minimum Gasteiger partial charge on any atom is -0.366 e. The minimum absolute atomic E-state index is 0.286. The summed E-state index contributed by atoms with van der Waals surface area (Å²) in [5.74, 6) is 0.